The Hall–Kier alpha value is -2.33. The second kappa shape index (κ2) is 6.90. The van der Waals surface area contributed by atoms with Crippen LogP contribution in [0, 0.1) is 6.92 Å². The van der Waals surface area contributed by atoms with Gasteiger partial charge in [0, 0.05) is 10.7 Å². The number of para-hydroxylation sites is 1. The molecule has 0 saturated heterocycles. The van der Waals surface area contributed by atoms with Gasteiger partial charge in [0.25, 0.3) is 5.91 Å². The first-order chi connectivity index (χ1) is 10.1. The number of halogens is 1. The van der Waals surface area contributed by atoms with Gasteiger partial charge in [-0.3, -0.25) is 4.79 Å². The maximum absolute atomic E-state index is 11.7. The minimum Gasteiger partial charge on any atom is -0.452 e. The molecule has 0 aromatic heterocycles. The molecule has 1 N–H and O–H groups in total. The van der Waals surface area contributed by atoms with E-state index in [2.05, 4.69) is 5.32 Å². The number of aryl methyl sites for hydroxylation is 1. The lowest BCUT2D eigenvalue weighted by molar-refractivity contribution is -0.119. The van der Waals surface area contributed by atoms with Gasteiger partial charge in [-0.15, -0.1) is 0 Å². The third kappa shape index (κ3) is 4.33. The first-order valence-corrected chi connectivity index (χ1v) is 6.72. The number of nitrogens with one attached hydrogen (secondary N) is 1. The van der Waals surface area contributed by atoms with E-state index in [4.69, 9.17) is 16.3 Å². The molecule has 0 atom stereocenters. The number of carbonyl (C=O) groups excluding carboxylic acids is 2. The molecule has 21 heavy (non-hydrogen) atoms. The molecule has 2 aromatic rings. The van der Waals surface area contributed by atoms with Gasteiger partial charge in [0.05, 0.1) is 5.56 Å². The normalized spacial score (nSPS) is 10.0. The molecule has 0 bridgehead atoms. The predicted molar refractivity (Wildman–Crippen MR) is 81.5 cm³/mol. The van der Waals surface area contributed by atoms with Crippen molar-refractivity contribution >= 4 is 29.2 Å². The zero-order valence-corrected chi connectivity index (χ0v) is 12.2. The number of benzene rings is 2. The fraction of sp³-hybridized carbons (Fsp3) is 0.125. The van der Waals surface area contributed by atoms with Gasteiger partial charge < -0.3 is 10.1 Å². The summed E-state index contributed by atoms with van der Waals surface area (Å²) in [6.07, 6.45) is 0. The quantitative estimate of drug-likeness (QED) is 0.880. The van der Waals surface area contributed by atoms with Gasteiger partial charge in [-0.05, 0) is 42.8 Å². The second-order valence-corrected chi connectivity index (χ2v) is 4.88. The molecule has 0 fully saturated rings. The van der Waals surface area contributed by atoms with Gasteiger partial charge in [0.2, 0.25) is 0 Å². The van der Waals surface area contributed by atoms with E-state index in [1.54, 1.807) is 30.3 Å². The Kier molecular flexibility index (Phi) is 4.95. The predicted octanol–water partition coefficient (Wildman–Crippen LogP) is 3.44. The van der Waals surface area contributed by atoms with Crippen LogP contribution in [0.25, 0.3) is 0 Å². The molecule has 0 aliphatic carbocycles. The Bertz CT molecular complexity index is 653. The summed E-state index contributed by atoms with van der Waals surface area (Å²) in [5.74, 6) is -0.946. The molecule has 5 heteroatoms. The number of esters is 1. The zero-order chi connectivity index (χ0) is 15.2. The lowest BCUT2D eigenvalue weighted by atomic mass is 10.2. The topological polar surface area (TPSA) is 55.4 Å². The summed E-state index contributed by atoms with van der Waals surface area (Å²) in [5.41, 5.74) is 1.99. The highest BCUT2D eigenvalue weighted by Crippen LogP contribution is 2.13. The van der Waals surface area contributed by atoms with Crippen LogP contribution in [0.5, 0.6) is 0 Å². The standard InChI is InChI=1S/C16H14ClNO3/c1-11-4-2-3-5-14(11)18-15(19)10-21-16(20)12-6-8-13(17)9-7-12/h2-9H,10H2,1H3,(H,18,19). The molecule has 108 valence electrons. The molecule has 0 saturated carbocycles. The first-order valence-electron chi connectivity index (χ1n) is 6.34. The van der Waals surface area contributed by atoms with Crippen LogP contribution in [0.3, 0.4) is 0 Å². The smallest absolute Gasteiger partial charge is 0.338 e. The largest absolute Gasteiger partial charge is 0.452 e. The summed E-state index contributed by atoms with van der Waals surface area (Å²) >= 11 is 5.73. The van der Waals surface area contributed by atoms with Crippen LogP contribution in [-0.4, -0.2) is 18.5 Å². The van der Waals surface area contributed by atoms with Crippen LogP contribution in [0.15, 0.2) is 48.5 Å². The molecular formula is C16H14ClNO3. The second-order valence-electron chi connectivity index (χ2n) is 4.45. The van der Waals surface area contributed by atoms with Crippen molar-refractivity contribution in [1.29, 1.82) is 0 Å². The molecule has 4 nitrogen and oxygen atoms in total. The number of carbonyl (C=O) groups is 2. The number of rotatable bonds is 4. The van der Waals surface area contributed by atoms with Crippen molar-refractivity contribution in [3.05, 3.63) is 64.7 Å². The maximum Gasteiger partial charge on any atom is 0.338 e. The maximum atomic E-state index is 11.7. The monoisotopic (exact) mass is 303 g/mol. The van der Waals surface area contributed by atoms with Crippen molar-refractivity contribution in [2.45, 2.75) is 6.92 Å². The number of anilines is 1. The summed E-state index contributed by atoms with van der Waals surface area (Å²) in [5, 5.41) is 3.22. The Morgan fingerprint density at radius 2 is 1.76 bits per heavy atom. The number of ether oxygens (including phenoxy) is 1. The van der Waals surface area contributed by atoms with E-state index in [9.17, 15) is 9.59 Å². The van der Waals surface area contributed by atoms with Crippen molar-refractivity contribution in [3.8, 4) is 0 Å². The summed E-state index contributed by atoms with van der Waals surface area (Å²) < 4.78 is 4.95. The SMILES string of the molecule is Cc1ccccc1NC(=O)COC(=O)c1ccc(Cl)cc1. The van der Waals surface area contributed by atoms with E-state index in [0.29, 0.717) is 16.3 Å². The van der Waals surface area contributed by atoms with E-state index in [1.807, 2.05) is 25.1 Å². The Labute approximate surface area is 127 Å². The minimum atomic E-state index is -0.563. The Morgan fingerprint density at radius 3 is 2.43 bits per heavy atom. The fourth-order valence-electron chi connectivity index (χ4n) is 1.70. The molecule has 0 unspecified atom stereocenters. The number of hydrogen-bond donors (Lipinski definition) is 1. The highest BCUT2D eigenvalue weighted by Gasteiger charge is 2.10. The summed E-state index contributed by atoms with van der Waals surface area (Å²) in [7, 11) is 0. The summed E-state index contributed by atoms with van der Waals surface area (Å²) in [4.78, 5) is 23.5. The Balaban J connectivity index is 1.88. The van der Waals surface area contributed by atoms with E-state index < -0.39 is 5.97 Å². The molecule has 1 amide bonds. The van der Waals surface area contributed by atoms with Crippen LogP contribution in [0.2, 0.25) is 5.02 Å². The van der Waals surface area contributed by atoms with Gasteiger partial charge in [-0.2, -0.15) is 0 Å². The van der Waals surface area contributed by atoms with Crippen molar-refractivity contribution in [2.75, 3.05) is 11.9 Å². The lowest BCUT2D eigenvalue weighted by Crippen LogP contribution is -2.21. The zero-order valence-electron chi connectivity index (χ0n) is 11.4. The average molecular weight is 304 g/mol. The number of amides is 1. The highest BCUT2D eigenvalue weighted by molar-refractivity contribution is 6.30. The van der Waals surface area contributed by atoms with Crippen molar-refractivity contribution in [3.63, 3.8) is 0 Å². The van der Waals surface area contributed by atoms with Crippen molar-refractivity contribution in [1.82, 2.24) is 0 Å². The number of hydrogen-bond acceptors (Lipinski definition) is 3. The van der Waals surface area contributed by atoms with E-state index in [1.165, 1.54) is 0 Å². The molecule has 0 heterocycles. The van der Waals surface area contributed by atoms with E-state index >= 15 is 0 Å². The molecule has 2 rings (SSSR count). The average Bonchev–Trinajstić information content (AvgIpc) is 2.48. The highest BCUT2D eigenvalue weighted by atomic mass is 35.5. The van der Waals surface area contributed by atoms with Gasteiger partial charge in [0.15, 0.2) is 6.61 Å². The van der Waals surface area contributed by atoms with Crippen molar-refractivity contribution < 1.29 is 14.3 Å². The van der Waals surface area contributed by atoms with Gasteiger partial charge >= 0.3 is 5.97 Å². The molecule has 2 aromatic carbocycles. The van der Waals surface area contributed by atoms with Crippen LogP contribution in [0.1, 0.15) is 15.9 Å². The molecule has 0 spiro atoms. The van der Waals surface area contributed by atoms with E-state index in [0.717, 1.165) is 5.56 Å². The third-order valence-corrected chi connectivity index (χ3v) is 3.09. The third-order valence-electron chi connectivity index (χ3n) is 2.83. The Morgan fingerprint density at radius 1 is 1.10 bits per heavy atom. The molecule has 0 radical (unpaired) electrons. The van der Waals surface area contributed by atoms with Crippen LogP contribution in [-0.2, 0) is 9.53 Å². The fourth-order valence-corrected chi connectivity index (χ4v) is 1.83. The summed E-state index contributed by atoms with van der Waals surface area (Å²) in [6, 6.07) is 13.6. The molecular weight excluding hydrogens is 290 g/mol. The summed E-state index contributed by atoms with van der Waals surface area (Å²) in [6.45, 7) is 1.55. The van der Waals surface area contributed by atoms with Crippen LogP contribution < -0.4 is 5.32 Å². The van der Waals surface area contributed by atoms with Gasteiger partial charge in [-0.25, -0.2) is 4.79 Å². The molecule has 0 aliphatic heterocycles. The molecule has 0 aliphatic rings. The van der Waals surface area contributed by atoms with Crippen LogP contribution >= 0.6 is 11.6 Å². The lowest BCUT2D eigenvalue weighted by Gasteiger charge is -2.08. The van der Waals surface area contributed by atoms with Crippen molar-refractivity contribution in [2.24, 2.45) is 0 Å². The van der Waals surface area contributed by atoms with Crippen LogP contribution in [0.4, 0.5) is 5.69 Å². The van der Waals surface area contributed by atoms with Gasteiger partial charge in [0.1, 0.15) is 0 Å². The van der Waals surface area contributed by atoms with E-state index in [-0.39, 0.29) is 12.5 Å². The van der Waals surface area contributed by atoms with Gasteiger partial charge in [-0.1, -0.05) is 29.8 Å². The first kappa shape index (κ1) is 15.1. The minimum absolute atomic E-state index is 0.338.